The zero-order valence-corrected chi connectivity index (χ0v) is 12.2. The number of benzene rings is 1. The highest BCUT2D eigenvalue weighted by molar-refractivity contribution is 5.77. The normalized spacial score (nSPS) is 16.5. The molecule has 20 heavy (non-hydrogen) atoms. The smallest absolute Gasteiger partial charge is 0.260 e. The van der Waals surface area contributed by atoms with Crippen LogP contribution >= 0.6 is 0 Å². The second-order valence-corrected chi connectivity index (χ2v) is 5.62. The van der Waals surface area contributed by atoms with Gasteiger partial charge in [0, 0.05) is 13.1 Å². The highest BCUT2D eigenvalue weighted by Gasteiger charge is 2.21. The summed E-state index contributed by atoms with van der Waals surface area (Å²) in [6.45, 7) is 5.59. The van der Waals surface area contributed by atoms with Crippen molar-refractivity contribution < 1.29 is 14.6 Å². The number of ether oxygens (including phenoxy) is 1. The van der Waals surface area contributed by atoms with Crippen LogP contribution in [0.3, 0.4) is 0 Å². The van der Waals surface area contributed by atoms with Gasteiger partial charge < -0.3 is 14.7 Å². The largest absolute Gasteiger partial charge is 0.484 e. The highest BCUT2D eigenvalue weighted by atomic mass is 16.5. The van der Waals surface area contributed by atoms with Gasteiger partial charge in [0.2, 0.25) is 0 Å². The Bertz CT molecular complexity index is 434. The number of likely N-dealkylation sites (tertiary alicyclic amines) is 1. The Hall–Kier alpha value is -1.55. The molecule has 1 fully saturated rings. The van der Waals surface area contributed by atoms with E-state index in [-0.39, 0.29) is 18.6 Å². The Kier molecular flexibility index (Phi) is 5.01. The monoisotopic (exact) mass is 277 g/mol. The van der Waals surface area contributed by atoms with E-state index >= 15 is 0 Å². The molecular formula is C16H23NO3. The van der Waals surface area contributed by atoms with Gasteiger partial charge in [0.1, 0.15) is 5.75 Å². The molecule has 1 aromatic carbocycles. The first-order chi connectivity index (χ1) is 9.56. The fourth-order valence-corrected chi connectivity index (χ4v) is 2.30. The van der Waals surface area contributed by atoms with Crippen molar-refractivity contribution in [3.8, 4) is 5.75 Å². The highest BCUT2D eigenvalue weighted by Crippen LogP contribution is 2.18. The van der Waals surface area contributed by atoms with E-state index in [4.69, 9.17) is 4.74 Å². The number of carbonyl (C=O) groups is 1. The molecule has 1 aliphatic heterocycles. The van der Waals surface area contributed by atoms with Gasteiger partial charge in [0.15, 0.2) is 6.61 Å². The maximum absolute atomic E-state index is 12.0. The standard InChI is InChI=1S/C16H23NO3/c1-12(2)13-3-5-15(6-4-13)20-11-16(19)17-9-7-14(18)8-10-17/h3-6,12,14,18H,7-11H2,1-2H3. The minimum absolute atomic E-state index is 0.00941. The predicted octanol–water partition coefficient (Wildman–Crippen LogP) is 2.17. The molecule has 1 saturated heterocycles. The molecular weight excluding hydrogens is 254 g/mol. The van der Waals surface area contributed by atoms with Crippen LogP contribution in [-0.4, -0.2) is 41.7 Å². The fourth-order valence-electron chi connectivity index (χ4n) is 2.30. The lowest BCUT2D eigenvalue weighted by Crippen LogP contribution is -2.42. The summed E-state index contributed by atoms with van der Waals surface area (Å²) >= 11 is 0. The van der Waals surface area contributed by atoms with Gasteiger partial charge in [-0.3, -0.25) is 4.79 Å². The van der Waals surface area contributed by atoms with Crippen LogP contribution < -0.4 is 4.74 Å². The molecule has 0 spiro atoms. The molecule has 0 atom stereocenters. The predicted molar refractivity (Wildman–Crippen MR) is 77.8 cm³/mol. The van der Waals surface area contributed by atoms with Crippen molar-refractivity contribution in [2.75, 3.05) is 19.7 Å². The third-order valence-corrected chi connectivity index (χ3v) is 3.73. The van der Waals surface area contributed by atoms with Gasteiger partial charge in [-0.15, -0.1) is 0 Å². The van der Waals surface area contributed by atoms with Gasteiger partial charge in [-0.05, 0) is 36.5 Å². The third-order valence-electron chi connectivity index (χ3n) is 3.73. The SMILES string of the molecule is CC(C)c1ccc(OCC(=O)N2CCC(O)CC2)cc1. The third kappa shape index (κ3) is 3.97. The van der Waals surface area contributed by atoms with Crippen molar-refractivity contribution in [3.63, 3.8) is 0 Å². The van der Waals surface area contributed by atoms with Crippen LogP contribution in [0.1, 0.15) is 38.2 Å². The molecule has 110 valence electrons. The Balaban J connectivity index is 1.81. The van der Waals surface area contributed by atoms with Crippen LogP contribution in [0.25, 0.3) is 0 Å². The van der Waals surface area contributed by atoms with Gasteiger partial charge in [0.05, 0.1) is 6.10 Å². The zero-order valence-electron chi connectivity index (χ0n) is 12.2. The van der Waals surface area contributed by atoms with Crippen LogP contribution in [0.4, 0.5) is 0 Å². The molecule has 1 heterocycles. The van der Waals surface area contributed by atoms with Crippen LogP contribution in [0.2, 0.25) is 0 Å². The number of hydrogen-bond donors (Lipinski definition) is 1. The molecule has 0 saturated carbocycles. The topological polar surface area (TPSA) is 49.8 Å². The summed E-state index contributed by atoms with van der Waals surface area (Å²) < 4.78 is 5.53. The zero-order chi connectivity index (χ0) is 14.5. The van der Waals surface area contributed by atoms with Crippen molar-refractivity contribution in [3.05, 3.63) is 29.8 Å². The number of hydrogen-bond acceptors (Lipinski definition) is 3. The molecule has 0 aromatic heterocycles. The van der Waals surface area contributed by atoms with Crippen molar-refractivity contribution in [1.29, 1.82) is 0 Å². The first-order valence-corrected chi connectivity index (χ1v) is 7.25. The maximum Gasteiger partial charge on any atom is 0.260 e. The van der Waals surface area contributed by atoms with Crippen LogP contribution in [0.5, 0.6) is 5.75 Å². The number of rotatable bonds is 4. The van der Waals surface area contributed by atoms with E-state index in [0.29, 0.717) is 31.8 Å². The van der Waals surface area contributed by atoms with E-state index in [9.17, 15) is 9.90 Å². The second-order valence-electron chi connectivity index (χ2n) is 5.62. The molecule has 4 nitrogen and oxygen atoms in total. The lowest BCUT2D eigenvalue weighted by molar-refractivity contribution is -0.135. The summed E-state index contributed by atoms with van der Waals surface area (Å²) in [6.07, 6.45) is 1.06. The Morgan fingerprint density at radius 1 is 1.30 bits per heavy atom. The number of piperidine rings is 1. The summed E-state index contributed by atoms with van der Waals surface area (Å²) in [5.41, 5.74) is 1.26. The van der Waals surface area contributed by atoms with Crippen molar-refractivity contribution >= 4 is 5.91 Å². The lowest BCUT2D eigenvalue weighted by Gasteiger charge is -2.29. The van der Waals surface area contributed by atoms with Gasteiger partial charge in [-0.25, -0.2) is 0 Å². The molecule has 1 amide bonds. The first-order valence-electron chi connectivity index (χ1n) is 7.25. The minimum Gasteiger partial charge on any atom is -0.484 e. The van der Waals surface area contributed by atoms with Crippen LogP contribution in [0, 0.1) is 0 Å². The summed E-state index contributed by atoms with van der Waals surface area (Å²) in [5.74, 6) is 1.20. The van der Waals surface area contributed by atoms with Gasteiger partial charge >= 0.3 is 0 Å². The average molecular weight is 277 g/mol. The van der Waals surface area contributed by atoms with Gasteiger partial charge in [0.25, 0.3) is 5.91 Å². The molecule has 0 unspecified atom stereocenters. The van der Waals surface area contributed by atoms with Gasteiger partial charge in [-0.2, -0.15) is 0 Å². The summed E-state index contributed by atoms with van der Waals surface area (Å²) in [5, 5.41) is 9.42. The number of carbonyl (C=O) groups excluding carboxylic acids is 1. The molecule has 1 aromatic rings. The molecule has 0 bridgehead atoms. The van der Waals surface area contributed by atoms with Crippen molar-refractivity contribution in [1.82, 2.24) is 4.90 Å². The number of aliphatic hydroxyl groups excluding tert-OH is 1. The molecule has 0 aliphatic carbocycles. The van der Waals surface area contributed by atoms with E-state index in [2.05, 4.69) is 13.8 Å². The molecule has 2 rings (SSSR count). The van der Waals surface area contributed by atoms with E-state index in [1.165, 1.54) is 5.56 Å². The van der Waals surface area contributed by atoms with E-state index in [1.807, 2.05) is 24.3 Å². The molecule has 4 heteroatoms. The summed E-state index contributed by atoms with van der Waals surface area (Å²) in [4.78, 5) is 13.7. The molecule has 1 aliphatic rings. The van der Waals surface area contributed by atoms with Crippen molar-refractivity contribution in [2.24, 2.45) is 0 Å². The van der Waals surface area contributed by atoms with E-state index in [0.717, 1.165) is 5.75 Å². The molecule has 0 radical (unpaired) electrons. The lowest BCUT2D eigenvalue weighted by atomic mass is 10.0. The Labute approximate surface area is 120 Å². The number of nitrogens with zero attached hydrogens (tertiary/aromatic N) is 1. The molecule has 1 N–H and O–H groups in total. The van der Waals surface area contributed by atoms with Crippen molar-refractivity contribution in [2.45, 2.75) is 38.7 Å². The van der Waals surface area contributed by atoms with E-state index in [1.54, 1.807) is 4.90 Å². The number of amides is 1. The number of aliphatic hydroxyl groups is 1. The Morgan fingerprint density at radius 3 is 2.45 bits per heavy atom. The maximum atomic E-state index is 12.0. The minimum atomic E-state index is -0.261. The summed E-state index contributed by atoms with van der Waals surface area (Å²) in [6, 6.07) is 7.87. The van der Waals surface area contributed by atoms with Crippen LogP contribution in [-0.2, 0) is 4.79 Å². The quantitative estimate of drug-likeness (QED) is 0.917. The second kappa shape index (κ2) is 6.75. The average Bonchev–Trinajstić information content (AvgIpc) is 2.46. The van der Waals surface area contributed by atoms with Crippen LogP contribution in [0.15, 0.2) is 24.3 Å². The fraction of sp³-hybridized carbons (Fsp3) is 0.562. The first kappa shape index (κ1) is 14.9. The van der Waals surface area contributed by atoms with E-state index < -0.39 is 0 Å². The Morgan fingerprint density at radius 2 is 1.90 bits per heavy atom. The summed E-state index contributed by atoms with van der Waals surface area (Å²) in [7, 11) is 0. The van der Waals surface area contributed by atoms with Gasteiger partial charge in [-0.1, -0.05) is 26.0 Å².